The normalized spacial score (nSPS) is 12.7. The molecule has 1 unspecified atom stereocenters. The van der Waals surface area contributed by atoms with E-state index in [4.69, 9.17) is 5.73 Å². The third-order valence-electron chi connectivity index (χ3n) is 2.09. The number of nitrogens with one attached hydrogen (secondary N) is 1. The molecule has 0 bridgehead atoms. The van der Waals surface area contributed by atoms with Crippen molar-refractivity contribution in [3.63, 3.8) is 0 Å². The van der Waals surface area contributed by atoms with Gasteiger partial charge >= 0.3 is 0 Å². The molecule has 0 saturated heterocycles. The summed E-state index contributed by atoms with van der Waals surface area (Å²) in [7, 11) is 0. The molecule has 3 nitrogen and oxygen atoms in total. The van der Waals surface area contributed by atoms with Crippen molar-refractivity contribution in [1.82, 2.24) is 5.32 Å². The van der Waals surface area contributed by atoms with E-state index in [1.165, 1.54) is 10.4 Å². The van der Waals surface area contributed by atoms with Crippen LogP contribution in [-0.4, -0.2) is 11.9 Å². The predicted octanol–water partition coefficient (Wildman–Crippen LogP) is 1.41. The van der Waals surface area contributed by atoms with Crippen molar-refractivity contribution >= 4 is 17.2 Å². The van der Waals surface area contributed by atoms with Gasteiger partial charge in [-0.2, -0.15) is 0 Å². The monoisotopic (exact) mass is 212 g/mol. The van der Waals surface area contributed by atoms with Crippen LogP contribution in [0.2, 0.25) is 0 Å². The Balaban J connectivity index is 2.34. The van der Waals surface area contributed by atoms with Crippen LogP contribution in [0, 0.1) is 6.92 Å². The third kappa shape index (κ3) is 3.47. The van der Waals surface area contributed by atoms with Gasteiger partial charge in [0.25, 0.3) is 0 Å². The molecule has 3 N–H and O–H groups in total. The maximum Gasteiger partial charge on any atom is 0.218 e. The summed E-state index contributed by atoms with van der Waals surface area (Å²) in [6, 6.07) is 2.24. The minimum Gasteiger partial charge on any atom is -0.370 e. The summed E-state index contributed by atoms with van der Waals surface area (Å²) in [6.45, 7) is 4.87. The molecule has 0 aromatic carbocycles. The van der Waals surface area contributed by atoms with Gasteiger partial charge in [-0.3, -0.25) is 4.79 Å². The van der Waals surface area contributed by atoms with Crippen molar-refractivity contribution in [1.29, 1.82) is 0 Å². The van der Waals surface area contributed by atoms with Gasteiger partial charge in [0.1, 0.15) is 0 Å². The number of nitrogens with two attached hydrogens (primary N) is 1. The number of carbonyl (C=O) groups is 1. The summed E-state index contributed by atoms with van der Waals surface area (Å²) in [4.78, 5) is 11.9. The molecule has 0 aliphatic carbocycles. The second-order valence-corrected chi connectivity index (χ2v) is 4.48. The molecule has 0 spiro atoms. The molecule has 0 fully saturated rings. The number of aryl methyl sites for hydroxylation is 1. The van der Waals surface area contributed by atoms with E-state index in [9.17, 15) is 4.79 Å². The first-order chi connectivity index (χ1) is 6.59. The molecule has 78 valence electrons. The second kappa shape index (κ2) is 5.12. The van der Waals surface area contributed by atoms with Crippen LogP contribution < -0.4 is 11.1 Å². The van der Waals surface area contributed by atoms with E-state index >= 15 is 0 Å². The molecule has 1 atom stereocenters. The largest absolute Gasteiger partial charge is 0.370 e. The number of primary amides is 1. The summed E-state index contributed by atoms with van der Waals surface area (Å²) in [5.74, 6) is -0.257. The first-order valence-electron chi connectivity index (χ1n) is 4.64. The maximum absolute atomic E-state index is 10.6. The molecule has 1 heterocycles. The Hall–Kier alpha value is -0.870. The molecule has 0 aliphatic heterocycles. The summed E-state index contributed by atoms with van der Waals surface area (Å²) < 4.78 is 0. The summed E-state index contributed by atoms with van der Waals surface area (Å²) in [6.07, 6.45) is 0.393. The van der Waals surface area contributed by atoms with E-state index < -0.39 is 0 Å². The molecule has 4 heteroatoms. The average Bonchev–Trinajstić information content (AvgIpc) is 2.46. The van der Waals surface area contributed by atoms with Crippen molar-refractivity contribution in [3.8, 4) is 0 Å². The van der Waals surface area contributed by atoms with Gasteiger partial charge in [-0.05, 0) is 30.9 Å². The maximum atomic E-state index is 10.6. The quantitative estimate of drug-likeness (QED) is 0.775. The third-order valence-corrected chi connectivity index (χ3v) is 3.11. The van der Waals surface area contributed by atoms with Crippen LogP contribution in [0.1, 0.15) is 23.8 Å². The van der Waals surface area contributed by atoms with Crippen LogP contribution >= 0.6 is 11.3 Å². The number of thiophene rings is 1. The fraction of sp³-hybridized carbons (Fsp3) is 0.500. The van der Waals surface area contributed by atoms with Crippen molar-refractivity contribution in [2.75, 3.05) is 0 Å². The van der Waals surface area contributed by atoms with E-state index in [1.807, 2.05) is 6.92 Å². The van der Waals surface area contributed by atoms with E-state index in [1.54, 1.807) is 11.3 Å². The number of carbonyl (C=O) groups excluding carboxylic acids is 1. The Morgan fingerprint density at radius 2 is 2.43 bits per heavy atom. The summed E-state index contributed by atoms with van der Waals surface area (Å²) in [5, 5.41) is 5.34. The first-order valence-corrected chi connectivity index (χ1v) is 5.52. The number of hydrogen-bond donors (Lipinski definition) is 2. The predicted molar refractivity (Wildman–Crippen MR) is 59.2 cm³/mol. The molecule has 0 radical (unpaired) electrons. The average molecular weight is 212 g/mol. The van der Waals surface area contributed by atoms with Gasteiger partial charge in [-0.15, -0.1) is 11.3 Å². The van der Waals surface area contributed by atoms with Gasteiger partial charge in [0.05, 0.1) is 0 Å². The Bertz CT molecular complexity index is 309. The minimum atomic E-state index is -0.257. The Morgan fingerprint density at radius 3 is 2.93 bits per heavy atom. The minimum absolute atomic E-state index is 0.147. The Labute approximate surface area is 88.3 Å². The molecule has 14 heavy (non-hydrogen) atoms. The highest BCUT2D eigenvalue weighted by Gasteiger charge is 2.06. The molecular weight excluding hydrogens is 196 g/mol. The smallest absolute Gasteiger partial charge is 0.218 e. The molecular formula is C10H16N2OS. The molecule has 0 saturated carbocycles. The van der Waals surface area contributed by atoms with Gasteiger partial charge < -0.3 is 11.1 Å². The van der Waals surface area contributed by atoms with E-state index in [0.717, 1.165) is 6.54 Å². The molecule has 0 aliphatic rings. The van der Waals surface area contributed by atoms with Crippen molar-refractivity contribution in [3.05, 3.63) is 21.9 Å². The van der Waals surface area contributed by atoms with Crippen LogP contribution in [-0.2, 0) is 11.3 Å². The van der Waals surface area contributed by atoms with Gasteiger partial charge in [0.2, 0.25) is 5.91 Å². The Morgan fingerprint density at radius 1 is 1.71 bits per heavy atom. The van der Waals surface area contributed by atoms with Gasteiger partial charge in [-0.25, -0.2) is 0 Å². The summed E-state index contributed by atoms with van der Waals surface area (Å²) in [5.41, 5.74) is 6.40. The van der Waals surface area contributed by atoms with Crippen molar-refractivity contribution in [2.45, 2.75) is 32.9 Å². The first kappa shape index (κ1) is 11.2. The molecule has 1 aromatic heterocycles. The van der Waals surface area contributed by atoms with Crippen LogP contribution in [0.25, 0.3) is 0 Å². The lowest BCUT2D eigenvalue weighted by Gasteiger charge is -2.11. The van der Waals surface area contributed by atoms with E-state index in [-0.39, 0.29) is 11.9 Å². The summed E-state index contributed by atoms with van der Waals surface area (Å²) >= 11 is 1.73. The SMILES string of the molecule is Cc1ccsc1CNC(C)CC(N)=O. The molecule has 1 amide bonds. The van der Waals surface area contributed by atoms with Crippen LogP contribution in [0.15, 0.2) is 11.4 Å². The van der Waals surface area contributed by atoms with Gasteiger partial charge in [-0.1, -0.05) is 0 Å². The van der Waals surface area contributed by atoms with Crippen LogP contribution in [0.3, 0.4) is 0 Å². The van der Waals surface area contributed by atoms with E-state index in [2.05, 4.69) is 23.7 Å². The number of hydrogen-bond acceptors (Lipinski definition) is 3. The zero-order chi connectivity index (χ0) is 10.6. The fourth-order valence-electron chi connectivity index (χ4n) is 1.23. The van der Waals surface area contributed by atoms with E-state index in [0.29, 0.717) is 6.42 Å². The molecule has 1 rings (SSSR count). The van der Waals surface area contributed by atoms with Crippen LogP contribution in [0.5, 0.6) is 0 Å². The van der Waals surface area contributed by atoms with Gasteiger partial charge in [0.15, 0.2) is 0 Å². The lowest BCUT2D eigenvalue weighted by atomic mass is 10.2. The lowest BCUT2D eigenvalue weighted by Crippen LogP contribution is -2.30. The fourth-order valence-corrected chi connectivity index (χ4v) is 2.08. The number of amides is 1. The highest BCUT2D eigenvalue weighted by Crippen LogP contribution is 2.15. The highest BCUT2D eigenvalue weighted by molar-refractivity contribution is 7.10. The zero-order valence-corrected chi connectivity index (χ0v) is 9.36. The zero-order valence-electron chi connectivity index (χ0n) is 8.54. The second-order valence-electron chi connectivity index (χ2n) is 3.48. The Kier molecular flexibility index (Phi) is 4.10. The van der Waals surface area contributed by atoms with Crippen molar-refractivity contribution in [2.24, 2.45) is 5.73 Å². The number of rotatable bonds is 5. The van der Waals surface area contributed by atoms with Gasteiger partial charge in [0, 0.05) is 23.9 Å². The van der Waals surface area contributed by atoms with Crippen molar-refractivity contribution < 1.29 is 4.79 Å². The molecule has 1 aromatic rings. The highest BCUT2D eigenvalue weighted by atomic mass is 32.1. The standard InChI is InChI=1S/C10H16N2OS/c1-7-3-4-14-9(7)6-12-8(2)5-10(11)13/h3-4,8,12H,5-6H2,1-2H3,(H2,11,13). The van der Waals surface area contributed by atoms with Crippen LogP contribution in [0.4, 0.5) is 0 Å². The topological polar surface area (TPSA) is 55.1 Å². The lowest BCUT2D eigenvalue weighted by molar-refractivity contribution is -0.118.